The summed E-state index contributed by atoms with van der Waals surface area (Å²) in [6.45, 7) is 0.725. The molecule has 2 aromatic carbocycles. The largest absolute Gasteiger partial charge is 0.493 e. The fraction of sp³-hybridized carbons (Fsp3) is 0.200. The second-order valence-electron chi connectivity index (χ2n) is 4.43. The lowest BCUT2D eigenvalue weighted by Gasteiger charge is -2.10. The van der Waals surface area contributed by atoms with Crippen LogP contribution in [0.5, 0.6) is 11.5 Å². The average molecular weight is 290 g/mol. The zero-order chi connectivity index (χ0) is 15.1. The normalized spacial score (nSPS) is 10.2. The predicted octanol–water partition coefficient (Wildman–Crippen LogP) is 1.35. The Labute approximate surface area is 122 Å². The molecule has 0 saturated heterocycles. The van der Waals surface area contributed by atoms with E-state index in [4.69, 9.17) is 19.5 Å². The van der Waals surface area contributed by atoms with E-state index >= 15 is 0 Å². The van der Waals surface area contributed by atoms with Gasteiger partial charge in [-0.3, -0.25) is 0 Å². The molecule has 0 heterocycles. The van der Waals surface area contributed by atoms with Crippen molar-refractivity contribution in [3.8, 4) is 11.5 Å². The third-order valence-corrected chi connectivity index (χ3v) is 2.81. The highest BCUT2D eigenvalue weighted by Crippen LogP contribution is 2.15. The molecule has 4 nitrogen and oxygen atoms in total. The third kappa shape index (κ3) is 4.77. The van der Waals surface area contributed by atoms with Crippen molar-refractivity contribution in [3.05, 3.63) is 54.3 Å². The highest BCUT2D eigenvalue weighted by atomic mass is 19.1. The first-order valence-electron chi connectivity index (χ1n) is 6.63. The SMILES string of the molecule is OB(O)c1ccc(F)c(OCCCOc2ccccc2)c1. The molecule has 0 aliphatic heterocycles. The lowest BCUT2D eigenvalue weighted by Crippen LogP contribution is -2.29. The summed E-state index contributed by atoms with van der Waals surface area (Å²) in [4.78, 5) is 0. The number of halogens is 1. The lowest BCUT2D eigenvalue weighted by atomic mass is 9.80. The molecule has 6 heteroatoms. The first-order chi connectivity index (χ1) is 10.2. The van der Waals surface area contributed by atoms with Gasteiger partial charge < -0.3 is 19.5 Å². The van der Waals surface area contributed by atoms with Crippen LogP contribution in [0.4, 0.5) is 4.39 Å². The van der Waals surface area contributed by atoms with Crippen molar-refractivity contribution in [1.29, 1.82) is 0 Å². The van der Waals surface area contributed by atoms with Gasteiger partial charge in [-0.15, -0.1) is 0 Å². The molecule has 0 radical (unpaired) electrons. The Morgan fingerprint density at radius 3 is 2.38 bits per heavy atom. The van der Waals surface area contributed by atoms with E-state index in [9.17, 15) is 4.39 Å². The summed E-state index contributed by atoms with van der Waals surface area (Å²) in [5.74, 6) is 0.234. The molecule has 0 fully saturated rings. The summed E-state index contributed by atoms with van der Waals surface area (Å²) in [7, 11) is -1.64. The molecule has 0 amide bonds. The maximum absolute atomic E-state index is 13.5. The van der Waals surface area contributed by atoms with Crippen LogP contribution in [0, 0.1) is 5.82 Å². The molecule has 0 atom stereocenters. The monoisotopic (exact) mass is 290 g/mol. The smallest absolute Gasteiger partial charge is 0.488 e. The zero-order valence-corrected chi connectivity index (χ0v) is 11.4. The molecular weight excluding hydrogens is 274 g/mol. The molecule has 0 aliphatic carbocycles. The van der Waals surface area contributed by atoms with Crippen molar-refractivity contribution in [2.45, 2.75) is 6.42 Å². The number of hydrogen-bond donors (Lipinski definition) is 2. The standard InChI is InChI=1S/C15H16BFO4/c17-14-8-7-12(16(18)19)11-15(14)21-10-4-9-20-13-5-2-1-3-6-13/h1-3,5-8,11,18-19H,4,9-10H2. The molecule has 110 valence electrons. The maximum Gasteiger partial charge on any atom is 0.488 e. The van der Waals surface area contributed by atoms with Gasteiger partial charge in [-0.1, -0.05) is 24.3 Å². The molecule has 0 unspecified atom stereocenters. The van der Waals surface area contributed by atoms with Crippen LogP contribution in [0.15, 0.2) is 48.5 Å². The molecule has 0 saturated carbocycles. The van der Waals surface area contributed by atoms with Gasteiger partial charge in [0.1, 0.15) is 5.75 Å². The van der Waals surface area contributed by atoms with E-state index in [1.165, 1.54) is 12.1 Å². The van der Waals surface area contributed by atoms with Crippen LogP contribution in [0.1, 0.15) is 6.42 Å². The Hall–Kier alpha value is -2.05. The Balaban J connectivity index is 1.77. The average Bonchev–Trinajstić information content (AvgIpc) is 2.49. The number of ether oxygens (including phenoxy) is 2. The van der Waals surface area contributed by atoms with Gasteiger partial charge in [-0.2, -0.15) is 0 Å². The lowest BCUT2D eigenvalue weighted by molar-refractivity contribution is 0.241. The molecule has 0 aromatic heterocycles. The molecule has 0 aliphatic rings. The van der Waals surface area contributed by atoms with Gasteiger partial charge in [-0.25, -0.2) is 4.39 Å². The molecule has 2 N–H and O–H groups in total. The Morgan fingerprint density at radius 1 is 0.952 bits per heavy atom. The minimum absolute atomic E-state index is 0.000288. The van der Waals surface area contributed by atoms with E-state index < -0.39 is 12.9 Å². The highest BCUT2D eigenvalue weighted by Gasteiger charge is 2.14. The van der Waals surface area contributed by atoms with Gasteiger partial charge in [0.15, 0.2) is 11.6 Å². The van der Waals surface area contributed by atoms with E-state index in [0.717, 1.165) is 11.8 Å². The molecule has 2 rings (SSSR count). The topological polar surface area (TPSA) is 58.9 Å². The van der Waals surface area contributed by atoms with Crippen molar-refractivity contribution in [2.75, 3.05) is 13.2 Å². The van der Waals surface area contributed by atoms with Gasteiger partial charge in [0.05, 0.1) is 13.2 Å². The van der Waals surface area contributed by atoms with Gasteiger partial charge in [0, 0.05) is 6.42 Å². The summed E-state index contributed by atoms with van der Waals surface area (Å²) < 4.78 is 24.3. The summed E-state index contributed by atoms with van der Waals surface area (Å²) in [6.07, 6.45) is 0.584. The number of para-hydroxylation sites is 1. The second-order valence-corrected chi connectivity index (χ2v) is 4.43. The van der Waals surface area contributed by atoms with E-state index in [0.29, 0.717) is 13.0 Å². The van der Waals surface area contributed by atoms with Crippen molar-refractivity contribution >= 4 is 12.6 Å². The van der Waals surface area contributed by atoms with E-state index in [1.807, 2.05) is 30.3 Å². The van der Waals surface area contributed by atoms with Crippen LogP contribution in [0.3, 0.4) is 0 Å². The van der Waals surface area contributed by atoms with Crippen LogP contribution in [-0.4, -0.2) is 30.4 Å². The van der Waals surface area contributed by atoms with Crippen LogP contribution in [-0.2, 0) is 0 Å². The molecule has 2 aromatic rings. The summed E-state index contributed by atoms with van der Waals surface area (Å²) >= 11 is 0. The fourth-order valence-corrected chi connectivity index (χ4v) is 1.74. The minimum atomic E-state index is -1.64. The Kier molecular flexibility index (Phi) is 5.60. The van der Waals surface area contributed by atoms with Gasteiger partial charge in [-0.05, 0) is 29.7 Å². The second kappa shape index (κ2) is 7.66. The number of benzene rings is 2. The minimum Gasteiger partial charge on any atom is -0.493 e. The molecular formula is C15H16BFO4. The molecule has 21 heavy (non-hydrogen) atoms. The van der Waals surface area contributed by atoms with Crippen LogP contribution in [0.2, 0.25) is 0 Å². The number of rotatable bonds is 7. The summed E-state index contributed by atoms with van der Waals surface area (Å²) in [5, 5.41) is 18.1. The maximum atomic E-state index is 13.5. The quantitative estimate of drug-likeness (QED) is 0.597. The summed E-state index contributed by atoms with van der Waals surface area (Å²) in [5.41, 5.74) is 0.187. The molecule has 0 bridgehead atoms. The predicted molar refractivity (Wildman–Crippen MR) is 78.3 cm³/mol. The van der Waals surface area contributed by atoms with Crippen molar-refractivity contribution in [1.82, 2.24) is 0 Å². The van der Waals surface area contributed by atoms with Crippen LogP contribution >= 0.6 is 0 Å². The highest BCUT2D eigenvalue weighted by molar-refractivity contribution is 6.58. The van der Waals surface area contributed by atoms with Crippen molar-refractivity contribution in [2.24, 2.45) is 0 Å². The Bertz CT molecular complexity index is 563. The first-order valence-corrected chi connectivity index (χ1v) is 6.63. The van der Waals surface area contributed by atoms with E-state index in [-0.39, 0.29) is 17.8 Å². The first kappa shape index (κ1) is 15.3. The van der Waals surface area contributed by atoms with Crippen LogP contribution in [0.25, 0.3) is 0 Å². The van der Waals surface area contributed by atoms with E-state index in [2.05, 4.69) is 0 Å². The van der Waals surface area contributed by atoms with Crippen LogP contribution < -0.4 is 14.9 Å². The third-order valence-electron chi connectivity index (χ3n) is 2.81. The fourth-order valence-electron chi connectivity index (χ4n) is 1.74. The van der Waals surface area contributed by atoms with Crippen molar-refractivity contribution in [3.63, 3.8) is 0 Å². The van der Waals surface area contributed by atoms with Gasteiger partial charge in [0.25, 0.3) is 0 Å². The van der Waals surface area contributed by atoms with E-state index in [1.54, 1.807) is 0 Å². The van der Waals surface area contributed by atoms with Crippen molar-refractivity contribution < 1.29 is 23.9 Å². The number of hydrogen-bond acceptors (Lipinski definition) is 4. The van der Waals surface area contributed by atoms with Gasteiger partial charge >= 0.3 is 7.12 Å². The van der Waals surface area contributed by atoms with Gasteiger partial charge in [0.2, 0.25) is 0 Å². The Morgan fingerprint density at radius 2 is 1.67 bits per heavy atom. The zero-order valence-electron chi connectivity index (χ0n) is 11.4. The summed E-state index contributed by atoms with van der Waals surface area (Å²) in [6, 6.07) is 13.1. The molecule has 0 spiro atoms.